The minimum absolute atomic E-state index is 0.292. The van der Waals surface area contributed by atoms with E-state index >= 15 is 0 Å². The highest BCUT2D eigenvalue weighted by Crippen LogP contribution is 2.30. The van der Waals surface area contributed by atoms with Crippen molar-refractivity contribution in [3.63, 3.8) is 0 Å². The summed E-state index contributed by atoms with van der Waals surface area (Å²) >= 11 is 0. The lowest BCUT2D eigenvalue weighted by atomic mass is 10.1. The van der Waals surface area contributed by atoms with Gasteiger partial charge in [-0.05, 0) is 45.9 Å². The summed E-state index contributed by atoms with van der Waals surface area (Å²) in [6.45, 7) is 9.89. The second-order valence-electron chi connectivity index (χ2n) is 7.83. The molecule has 1 fully saturated rings. The number of anilines is 1. The zero-order chi connectivity index (χ0) is 20.5. The van der Waals surface area contributed by atoms with Crippen molar-refractivity contribution in [1.82, 2.24) is 15.1 Å². The Bertz CT molecular complexity index is 899. The van der Waals surface area contributed by atoms with Crippen LogP contribution < -0.4 is 4.90 Å². The van der Waals surface area contributed by atoms with Gasteiger partial charge in [-0.3, -0.25) is 0 Å². The third kappa shape index (κ3) is 4.16. The lowest BCUT2D eigenvalue weighted by molar-refractivity contribution is 0.0240. The van der Waals surface area contributed by atoms with E-state index in [1.165, 1.54) is 7.11 Å². The number of fused-ring (bicyclic) bond motifs is 1. The Morgan fingerprint density at radius 3 is 2.36 bits per heavy atom. The summed E-state index contributed by atoms with van der Waals surface area (Å²) in [6, 6.07) is 5.54. The number of rotatable bonds is 2. The van der Waals surface area contributed by atoms with Gasteiger partial charge < -0.3 is 19.3 Å². The van der Waals surface area contributed by atoms with E-state index in [2.05, 4.69) is 15.1 Å². The zero-order valence-corrected chi connectivity index (χ0v) is 17.0. The lowest BCUT2D eigenvalue weighted by Crippen LogP contribution is -2.50. The molecule has 0 aliphatic carbocycles. The standard InChI is InChI=1S/C20H26N4O4/c1-13-12-15-16(7-6-14(18(25)27-5)17(15)22-21-13)23-8-10-24(11-9-23)19(26)28-20(2,3)4/h6-7,12H,8-11H2,1-5H3. The molecule has 1 amide bonds. The number of carbonyl (C=O) groups is 2. The van der Waals surface area contributed by atoms with Crippen LogP contribution in [0.4, 0.5) is 10.5 Å². The van der Waals surface area contributed by atoms with Crippen LogP contribution in [-0.4, -0.2) is 66.0 Å². The molecule has 8 nitrogen and oxygen atoms in total. The predicted octanol–water partition coefficient (Wildman–Crippen LogP) is 2.78. The number of esters is 1. The Morgan fingerprint density at radius 2 is 1.75 bits per heavy atom. The zero-order valence-electron chi connectivity index (χ0n) is 17.0. The number of hydrogen-bond donors (Lipinski definition) is 0. The fourth-order valence-corrected chi connectivity index (χ4v) is 3.22. The largest absolute Gasteiger partial charge is 0.465 e. The van der Waals surface area contributed by atoms with Crippen molar-refractivity contribution in [1.29, 1.82) is 0 Å². The molecule has 1 aromatic carbocycles. The third-order valence-electron chi connectivity index (χ3n) is 4.53. The van der Waals surface area contributed by atoms with E-state index in [-0.39, 0.29) is 6.09 Å². The van der Waals surface area contributed by atoms with Gasteiger partial charge in [0.15, 0.2) is 0 Å². The molecule has 0 radical (unpaired) electrons. The van der Waals surface area contributed by atoms with Crippen LogP contribution in [-0.2, 0) is 9.47 Å². The van der Waals surface area contributed by atoms with Gasteiger partial charge in [0.1, 0.15) is 11.1 Å². The number of hydrogen-bond acceptors (Lipinski definition) is 7. The summed E-state index contributed by atoms with van der Waals surface area (Å²) in [6.07, 6.45) is -0.292. The van der Waals surface area contributed by atoms with Crippen LogP contribution in [0.25, 0.3) is 10.9 Å². The minimum atomic E-state index is -0.510. The molecule has 0 spiro atoms. The third-order valence-corrected chi connectivity index (χ3v) is 4.53. The number of nitrogens with zero attached hydrogens (tertiary/aromatic N) is 4. The van der Waals surface area contributed by atoms with E-state index in [1.54, 1.807) is 11.0 Å². The van der Waals surface area contributed by atoms with Crippen molar-refractivity contribution in [2.45, 2.75) is 33.3 Å². The number of aryl methyl sites for hydroxylation is 1. The maximum atomic E-state index is 12.3. The number of amides is 1. The Morgan fingerprint density at radius 1 is 1.07 bits per heavy atom. The molecule has 0 atom stereocenters. The molecule has 150 valence electrons. The van der Waals surface area contributed by atoms with Gasteiger partial charge >= 0.3 is 12.1 Å². The van der Waals surface area contributed by atoms with Gasteiger partial charge in [0.05, 0.1) is 18.4 Å². The molecule has 2 heterocycles. The number of methoxy groups -OCH3 is 1. The van der Waals surface area contributed by atoms with Crippen molar-refractivity contribution in [3.8, 4) is 0 Å². The molecule has 0 N–H and O–H groups in total. The van der Waals surface area contributed by atoms with Crippen molar-refractivity contribution in [2.24, 2.45) is 0 Å². The first-order chi connectivity index (χ1) is 13.2. The quantitative estimate of drug-likeness (QED) is 0.734. The van der Waals surface area contributed by atoms with Crippen LogP contribution in [0.3, 0.4) is 0 Å². The van der Waals surface area contributed by atoms with E-state index in [0.717, 1.165) is 16.8 Å². The van der Waals surface area contributed by atoms with Crippen LogP contribution in [0.15, 0.2) is 18.2 Å². The number of carbonyl (C=O) groups excluding carboxylic acids is 2. The molecule has 8 heteroatoms. The Balaban J connectivity index is 1.84. The highest BCUT2D eigenvalue weighted by molar-refractivity contribution is 6.06. The van der Waals surface area contributed by atoms with Crippen molar-refractivity contribution < 1.29 is 19.1 Å². The first-order valence-electron chi connectivity index (χ1n) is 9.28. The van der Waals surface area contributed by atoms with Crippen LogP contribution in [0, 0.1) is 6.92 Å². The number of benzene rings is 1. The van der Waals surface area contributed by atoms with Gasteiger partial charge in [0.2, 0.25) is 0 Å². The van der Waals surface area contributed by atoms with Gasteiger partial charge in [-0.25, -0.2) is 9.59 Å². The fraction of sp³-hybridized carbons (Fsp3) is 0.500. The molecule has 1 aliphatic rings. The molecule has 0 unspecified atom stereocenters. The average Bonchev–Trinajstić information content (AvgIpc) is 2.65. The predicted molar refractivity (Wildman–Crippen MR) is 106 cm³/mol. The van der Waals surface area contributed by atoms with Crippen LogP contribution in [0.2, 0.25) is 0 Å². The van der Waals surface area contributed by atoms with E-state index in [0.29, 0.717) is 37.3 Å². The number of ether oxygens (including phenoxy) is 2. The minimum Gasteiger partial charge on any atom is -0.465 e. The van der Waals surface area contributed by atoms with Crippen LogP contribution >= 0.6 is 0 Å². The van der Waals surface area contributed by atoms with E-state index in [4.69, 9.17) is 9.47 Å². The summed E-state index contributed by atoms with van der Waals surface area (Å²) in [5, 5.41) is 9.17. The summed E-state index contributed by atoms with van der Waals surface area (Å²) in [5.41, 5.74) is 2.13. The topological polar surface area (TPSA) is 84.9 Å². The second kappa shape index (κ2) is 7.61. The molecule has 28 heavy (non-hydrogen) atoms. The average molecular weight is 386 g/mol. The molecule has 0 saturated carbocycles. The van der Waals surface area contributed by atoms with Gasteiger partial charge in [0, 0.05) is 37.3 Å². The Hall–Kier alpha value is -2.90. The van der Waals surface area contributed by atoms with E-state index in [1.807, 2.05) is 39.8 Å². The molecule has 1 saturated heterocycles. The summed E-state index contributed by atoms with van der Waals surface area (Å²) in [7, 11) is 1.35. The fourth-order valence-electron chi connectivity index (χ4n) is 3.22. The van der Waals surface area contributed by atoms with Gasteiger partial charge in [-0.15, -0.1) is 5.10 Å². The first kappa shape index (κ1) is 19.9. The molecule has 2 aromatic rings. The SMILES string of the molecule is COC(=O)c1ccc(N2CCN(C(=O)OC(C)(C)C)CC2)c2cc(C)nnc12. The molecular formula is C20H26N4O4. The molecule has 1 aliphatic heterocycles. The second-order valence-corrected chi connectivity index (χ2v) is 7.83. The molecule has 1 aromatic heterocycles. The maximum absolute atomic E-state index is 12.3. The van der Waals surface area contributed by atoms with E-state index in [9.17, 15) is 9.59 Å². The van der Waals surface area contributed by atoms with Crippen molar-refractivity contribution in [2.75, 3.05) is 38.2 Å². The highest BCUT2D eigenvalue weighted by Gasteiger charge is 2.27. The Labute approximate surface area is 164 Å². The smallest absolute Gasteiger partial charge is 0.410 e. The van der Waals surface area contributed by atoms with E-state index < -0.39 is 11.6 Å². The summed E-state index contributed by atoms with van der Waals surface area (Å²) in [4.78, 5) is 28.3. The molecule has 3 rings (SSSR count). The molecular weight excluding hydrogens is 360 g/mol. The Kier molecular flexibility index (Phi) is 5.40. The van der Waals surface area contributed by atoms with Crippen LogP contribution in [0.5, 0.6) is 0 Å². The lowest BCUT2D eigenvalue weighted by Gasteiger charge is -2.37. The normalized spacial score (nSPS) is 14.9. The maximum Gasteiger partial charge on any atom is 0.410 e. The van der Waals surface area contributed by atoms with Crippen molar-refractivity contribution >= 4 is 28.7 Å². The van der Waals surface area contributed by atoms with Gasteiger partial charge in [-0.1, -0.05) is 0 Å². The summed E-state index contributed by atoms with van der Waals surface area (Å²) in [5.74, 6) is -0.440. The first-order valence-corrected chi connectivity index (χ1v) is 9.28. The number of aromatic nitrogens is 2. The van der Waals surface area contributed by atoms with Crippen LogP contribution in [0.1, 0.15) is 36.8 Å². The van der Waals surface area contributed by atoms with Gasteiger partial charge in [-0.2, -0.15) is 5.10 Å². The monoisotopic (exact) mass is 386 g/mol. The van der Waals surface area contributed by atoms with Gasteiger partial charge in [0.25, 0.3) is 0 Å². The van der Waals surface area contributed by atoms with Crippen molar-refractivity contribution in [3.05, 3.63) is 29.5 Å². The molecule has 0 bridgehead atoms. The summed E-state index contributed by atoms with van der Waals surface area (Å²) < 4.78 is 10.3. The highest BCUT2D eigenvalue weighted by atomic mass is 16.6. The number of piperazine rings is 1.